The third kappa shape index (κ3) is 4.94. The molecular formula is C16H24ClNS. The van der Waals surface area contributed by atoms with Crippen molar-refractivity contribution in [3.05, 3.63) is 26.9 Å². The summed E-state index contributed by atoms with van der Waals surface area (Å²) in [6.07, 6.45) is 10.5. The van der Waals surface area contributed by atoms with Crippen LogP contribution < -0.4 is 5.32 Å². The number of halogens is 1. The highest BCUT2D eigenvalue weighted by atomic mass is 35.5. The Kier molecular flexibility index (Phi) is 6.42. The molecule has 1 aliphatic rings. The maximum atomic E-state index is 6.03. The molecule has 1 heterocycles. The lowest BCUT2D eigenvalue weighted by Gasteiger charge is -2.25. The van der Waals surface area contributed by atoms with E-state index in [1.165, 1.54) is 43.4 Å². The van der Waals surface area contributed by atoms with Crippen LogP contribution in [0.2, 0.25) is 4.34 Å². The molecule has 0 atom stereocenters. The van der Waals surface area contributed by atoms with Gasteiger partial charge < -0.3 is 5.32 Å². The van der Waals surface area contributed by atoms with Crippen LogP contribution in [0.1, 0.15) is 50.3 Å². The fourth-order valence-electron chi connectivity index (χ4n) is 2.78. The van der Waals surface area contributed by atoms with Crippen LogP contribution in [-0.4, -0.2) is 13.1 Å². The van der Waals surface area contributed by atoms with Crippen molar-refractivity contribution < 1.29 is 0 Å². The Morgan fingerprint density at radius 3 is 2.79 bits per heavy atom. The Morgan fingerprint density at radius 1 is 1.37 bits per heavy atom. The van der Waals surface area contributed by atoms with Crippen molar-refractivity contribution in [3.63, 3.8) is 0 Å². The first-order chi connectivity index (χ1) is 9.29. The molecule has 1 saturated carbocycles. The lowest BCUT2D eigenvalue weighted by Crippen LogP contribution is -2.22. The molecule has 0 amide bonds. The fraction of sp³-hybridized carbons (Fsp3) is 0.625. The van der Waals surface area contributed by atoms with Crippen molar-refractivity contribution in [2.45, 2.75) is 45.4 Å². The Labute approximate surface area is 126 Å². The maximum Gasteiger partial charge on any atom is 0.0934 e. The molecule has 1 aliphatic carbocycles. The van der Waals surface area contributed by atoms with Gasteiger partial charge in [0, 0.05) is 11.4 Å². The Morgan fingerprint density at radius 2 is 2.16 bits per heavy atom. The van der Waals surface area contributed by atoms with Gasteiger partial charge in [0.1, 0.15) is 0 Å². The molecule has 0 bridgehead atoms. The van der Waals surface area contributed by atoms with Crippen LogP contribution in [0.25, 0.3) is 6.08 Å². The van der Waals surface area contributed by atoms with Crippen LogP contribution in [0.3, 0.4) is 0 Å². The molecule has 0 aliphatic heterocycles. The molecular weight excluding hydrogens is 274 g/mol. The molecule has 0 unspecified atom stereocenters. The van der Waals surface area contributed by atoms with E-state index in [0.29, 0.717) is 0 Å². The first-order valence-electron chi connectivity index (χ1n) is 7.46. The lowest BCUT2D eigenvalue weighted by molar-refractivity contribution is 0.397. The number of hydrogen-bond donors (Lipinski definition) is 1. The largest absolute Gasteiger partial charge is 0.313 e. The number of hydrogen-bond acceptors (Lipinski definition) is 2. The predicted molar refractivity (Wildman–Crippen MR) is 87.0 cm³/mol. The van der Waals surface area contributed by atoms with Gasteiger partial charge in [-0.15, -0.1) is 11.3 Å². The van der Waals surface area contributed by atoms with E-state index in [4.69, 9.17) is 11.6 Å². The van der Waals surface area contributed by atoms with E-state index in [1.807, 2.05) is 6.07 Å². The van der Waals surface area contributed by atoms with Gasteiger partial charge in [-0.1, -0.05) is 43.4 Å². The summed E-state index contributed by atoms with van der Waals surface area (Å²) in [5.74, 6) is 0.777. The number of nitrogens with one attached hydrogen (secondary N) is 1. The minimum Gasteiger partial charge on any atom is -0.313 e. The zero-order chi connectivity index (χ0) is 13.5. The summed E-state index contributed by atoms with van der Waals surface area (Å²) in [4.78, 5) is 1.30. The molecule has 0 aromatic carbocycles. The van der Waals surface area contributed by atoms with Crippen molar-refractivity contribution in [2.75, 3.05) is 13.1 Å². The standard InChI is InChI=1S/C16H24ClNS/c1-2-10-18-12-14(13-6-4-3-5-7-13)11-15-8-9-16(17)19-15/h8-9,11,13,18H,2-7,10,12H2,1H3. The summed E-state index contributed by atoms with van der Waals surface area (Å²) in [5.41, 5.74) is 1.58. The summed E-state index contributed by atoms with van der Waals surface area (Å²) in [5, 5.41) is 3.56. The third-order valence-corrected chi connectivity index (χ3v) is 4.99. The monoisotopic (exact) mass is 297 g/mol. The molecule has 1 aromatic heterocycles. The summed E-state index contributed by atoms with van der Waals surface area (Å²) in [7, 11) is 0. The summed E-state index contributed by atoms with van der Waals surface area (Å²) < 4.78 is 0.885. The first-order valence-corrected chi connectivity index (χ1v) is 8.65. The van der Waals surface area contributed by atoms with Gasteiger partial charge in [0.25, 0.3) is 0 Å². The SMILES string of the molecule is CCCNCC(=Cc1ccc(Cl)s1)C1CCCCC1. The summed E-state index contributed by atoms with van der Waals surface area (Å²) in [6, 6.07) is 4.13. The highest BCUT2D eigenvalue weighted by Crippen LogP contribution is 2.32. The quantitative estimate of drug-likeness (QED) is 0.697. The van der Waals surface area contributed by atoms with Gasteiger partial charge in [-0.25, -0.2) is 0 Å². The third-order valence-electron chi connectivity index (χ3n) is 3.81. The van der Waals surface area contributed by atoms with E-state index in [0.717, 1.165) is 23.3 Å². The Bertz CT molecular complexity index is 405. The molecule has 0 radical (unpaired) electrons. The van der Waals surface area contributed by atoms with Crippen LogP contribution in [0.5, 0.6) is 0 Å². The van der Waals surface area contributed by atoms with Crippen LogP contribution in [0.15, 0.2) is 17.7 Å². The second kappa shape index (κ2) is 8.08. The highest BCUT2D eigenvalue weighted by Gasteiger charge is 2.17. The summed E-state index contributed by atoms with van der Waals surface area (Å²) in [6.45, 7) is 4.36. The van der Waals surface area contributed by atoms with Crippen LogP contribution in [-0.2, 0) is 0 Å². The molecule has 3 heteroatoms. The Hall–Kier alpha value is -0.310. The van der Waals surface area contributed by atoms with Crippen molar-refractivity contribution >= 4 is 29.0 Å². The average molecular weight is 298 g/mol. The molecule has 0 spiro atoms. The van der Waals surface area contributed by atoms with Crippen molar-refractivity contribution in [2.24, 2.45) is 5.92 Å². The molecule has 19 heavy (non-hydrogen) atoms. The molecule has 0 saturated heterocycles. The maximum absolute atomic E-state index is 6.03. The van der Waals surface area contributed by atoms with Gasteiger partial charge in [-0.05, 0) is 49.9 Å². The first kappa shape index (κ1) is 15.1. The van der Waals surface area contributed by atoms with Gasteiger partial charge in [-0.2, -0.15) is 0 Å². The molecule has 1 aromatic rings. The van der Waals surface area contributed by atoms with E-state index in [2.05, 4.69) is 24.4 Å². The van der Waals surface area contributed by atoms with Crippen LogP contribution in [0.4, 0.5) is 0 Å². The fourth-order valence-corrected chi connectivity index (χ4v) is 3.82. The van der Waals surface area contributed by atoms with Gasteiger partial charge >= 0.3 is 0 Å². The molecule has 1 nitrogen and oxygen atoms in total. The number of thiophene rings is 1. The summed E-state index contributed by atoms with van der Waals surface area (Å²) >= 11 is 7.71. The normalized spacial score (nSPS) is 17.9. The number of rotatable bonds is 6. The smallest absolute Gasteiger partial charge is 0.0934 e. The van der Waals surface area contributed by atoms with Gasteiger partial charge in [0.2, 0.25) is 0 Å². The lowest BCUT2D eigenvalue weighted by atomic mass is 9.83. The zero-order valence-electron chi connectivity index (χ0n) is 11.8. The molecule has 1 fully saturated rings. The molecule has 1 N–H and O–H groups in total. The highest BCUT2D eigenvalue weighted by molar-refractivity contribution is 7.17. The minimum atomic E-state index is 0.777. The van der Waals surface area contributed by atoms with Crippen LogP contribution in [0, 0.1) is 5.92 Å². The van der Waals surface area contributed by atoms with Gasteiger partial charge in [0.05, 0.1) is 4.34 Å². The van der Waals surface area contributed by atoms with E-state index < -0.39 is 0 Å². The van der Waals surface area contributed by atoms with E-state index in [1.54, 1.807) is 16.9 Å². The molecule has 106 valence electrons. The van der Waals surface area contributed by atoms with Crippen molar-refractivity contribution in [3.8, 4) is 0 Å². The molecule has 2 rings (SSSR count). The van der Waals surface area contributed by atoms with Gasteiger partial charge in [-0.3, -0.25) is 0 Å². The predicted octanol–water partition coefficient (Wildman–Crippen LogP) is 5.36. The second-order valence-corrected chi connectivity index (χ2v) is 7.12. The van der Waals surface area contributed by atoms with E-state index >= 15 is 0 Å². The van der Waals surface area contributed by atoms with Crippen molar-refractivity contribution in [1.82, 2.24) is 5.32 Å². The average Bonchev–Trinajstić information content (AvgIpc) is 2.84. The van der Waals surface area contributed by atoms with Gasteiger partial charge in [0.15, 0.2) is 0 Å². The topological polar surface area (TPSA) is 12.0 Å². The van der Waals surface area contributed by atoms with Crippen molar-refractivity contribution in [1.29, 1.82) is 0 Å². The second-order valence-electron chi connectivity index (χ2n) is 5.37. The zero-order valence-corrected chi connectivity index (χ0v) is 13.3. The minimum absolute atomic E-state index is 0.777. The van der Waals surface area contributed by atoms with Crippen LogP contribution >= 0.6 is 22.9 Å². The Balaban J connectivity index is 2.05. The van der Waals surface area contributed by atoms with E-state index in [-0.39, 0.29) is 0 Å². The van der Waals surface area contributed by atoms with E-state index in [9.17, 15) is 0 Å².